The van der Waals surface area contributed by atoms with Crippen molar-refractivity contribution in [3.8, 4) is 0 Å². The molecule has 3 atom stereocenters. The van der Waals surface area contributed by atoms with E-state index in [2.05, 4.69) is 22.8 Å². The smallest absolute Gasteiger partial charge is 0.224 e. The van der Waals surface area contributed by atoms with Crippen molar-refractivity contribution < 1.29 is 24.2 Å². The fourth-order valence-electron chi connectivity index (χ4n) is 4.91. The van der Waals surface area contributed by atoms with Crippen LogP contribution in [0.25, 0.3) is 0 Å². The van der Waals surface area contributed by atoms with Gasteiger partial charge >= 0.3 is 0 Å². The predicted octanol–water partition coefficient (Wildman–Crippen LogP) is 6.85. The van der Waals surface area contributed by atoms with Crippen LogP contribution in [0.3, 0.4) is 0 Å². The fraction of sp³-hybridized carbons (Fsp3) is 0.257. The number of anilines is 3. The number of nitrogens with one attached hydrogen (secondary N) is 2. The Kier molecular flexibility index (Phi) is 11.0. The number of hydrogen-bond acceptors (Lipinski definition) is 7. The molecular formula is C35H37N3O5S. The first-order chi connectivity index (χ1) is 21.5. The first-order valence-corrected chi connectivity index (χ1v) is 15.7. The van der Waals surface area contributed by atoms with Crippen molar-refractivity contribution in [3.63, 3.8) is 0 Å². The molecule has 8 nitrogen and oxygen atoms in total. The SMILES string of the molecule is Nc1ccccc1NC(=O)CCCC(=O)Nc1ccc(C2OC(CSc3ccccc3)CC(c3ccc(CO)cc3)O2)cc1. The zero-order valence-electron chi connectivity index (χ0n) is 24.4. The Balaban J connectivity index is 1.16. The van der Waals surface area contributed by atoms with Crippen LogP contribution in [-0.2, 0) is 25.7 Å². The molecule has 1 aliphatic rings. The number of rotatable bonds is 12. The van der Waals surface area contributed by atoms with Gasteiger partial charge in [0.25, 0.3) is 0 Å². The summed E-state index contributed by atoms with van der Waals surface area (Å²) >= 11 is 1.75. The highest BCUT2D eigenvalue weighted by atomic mass is 32.2. The summed E-state index contributed by atoms with van der Waals surface area (Å²) in [6.45, 7) is -0.00405. The largest absolute Gasteiger partial charge is 0.397 e. The molecule has 228 valence electrons. The van der Waals surface area contributed by atoms with Crippen LogP contribution in [0.4, 0.5) is 17.1 Å². The number of nitrogens with two attached hydrogens (primary N) is 1. The lowest BCUT2D eigenvalue weighted by atomic mass is 10.0. The molecule has 1 fully saturated rings. The normalized spacial score (nSPS) is 18.0. The van der Waals surface area contributed by atoms with Crippen molar-refractivity contribution in [2.75, 3.05) is 22.1 Å². The van der Waals surface area contributed by atoms with Gasteiger partial charge in [-0.05, 0) is 53.9 Å². The number of benzene rings is 4. The number of para-hydroxylation sites is 2. The van der Waals surface area contributed by atoms with Gasteiger partial charge in [0.1, 0.15) is 0 Å². The molecule has 0 aromatic heterocycles. The number of thioether (sulfide) groups is 1. The first-order valence-electron chi connectivity index (χ1n) is 14.7. The highest BCUT2D eigenvalue weighted by molar-refractivity contribution is 7.99. The molecule has 5 N–H and O–H groups in total. The average Bonchev–Trinajstić information content (AvgIpc) is 3.05. The van der Waals surface area contributed by atoms with E-state index in [4.69, 9.17) is 15.2 Å². The number of amides is 2. The molecule has 4 aromatic carbocycles. The maximum absolute atomic E-state index is 12.5. The van der Waals surface area contributed by atoms with Gasteiger partial charge in [0.2, 0.25) is 11.8 Å². The van der Waals surface area contributed by atoms with Crippen molar-refractivity contribution in [2.45, 2.75) is 55.7 Å². The summed E-state index contributed by atoms with van der Waals surface area (Å²) in [7, 11) is 0. The number of carbonyl (C=O) groups is 2. The van der Waals surface area contributed by atoms with Gasteiger partial charge in [-0.15, -0.1) is 11.8 Å². The number of carbonyl (C=O) groups excluding carboxylic acids is 2. The van der Waals surface area contributed by atoms with Gasteiger partial charge in [-0.3, -0.25) is 9.59 Å². The molecule has 0 bridgehead atoms. The first kappa shape index (κ1) is 31.3. The van der Waals surface area contributed by atoms with E-state index in [-0.39, 0.29) is 43.5 Å². The number of aliphatic hydroxyl groups excluding tert-OH is 1. The maximum atomic E-state index is 12.5. The molecule has 1 aliphatic heterocycles. The molecule has 5 rings (SSSR count). The van der Waals surface area contributed by atoms with E-state index in [1.165, 1.54) is 4.90 Å². The third-order valence-corrected chi connectivity index (χ3v) is 8.45. The number of hydrogen-bond donors (Lipinski definition) is 4. The van der Waals surface area contributed by atoms with E-state index in [1.807, 2.05) is 66.7 Å². The minimum Gasteiger partial charge on any atom is -0.397 e. The van der Waals surface area contributed by atoms with Crippen molar-refractivity contribution >= 4 is 40.6 Å². The summed E-state index contributed by atoms with van der Waals surface area (Å²) in [5.41, 5.74) is 10.3. The Morgan fingerprint density at radius 2 is 1.45 bits per heavy atom. The standard InChI is InChI=1S/C35H37N3O5S/c36-30-9-4-5-10-31(30)38-34(41)12-6-11-33(40)37-27-19-17-26(18-20-27)35-42-28(23-44-29-7-2-1-3-8-29)21-32(43-35)25-15-13-24(22-39)14-16-25/h1-5,7-10,13-20,28,32,35,39H,6,11-12,21-23,36H2,(H,37,40)(H,38,41). The summed E-state index contributed by atoms with van der Waals surface area (Å²) in [6.07, 6.45) is 0.759. The minimum absolute atomic E-state index is 0.00405. The van der Waals surface area contributed by atoms with Gasteiger partial charge in [-0.2, -0.15) is 0 Å². The van der Waals surface area contributed by atoms with Crippen LogP contribution < -0.4 is 16.4 Å². The Morgan fingerprint density at radius 1 is 0.795 bits per heavy atom. The van der Waals surface area contributed by atoms with Gasteiger partial charge < -0.3 is 30.9 Å². The maximum Gasteiger partial charge on any atom is 0.224 e. The van der Waals surface area contributed by atoms with Crippen LogP contribution in [0.5, 0.6) is 0 Å². The molecule has 44 heavy (non-hydrogen) atoms. The zero-order chi connectivity index (χ0) is 30.7. The third-order valence-electron chi connectivity index (χ3n) is 7.30. The van der Waals surface area contributed by atoms with Crippen LogP contribution >= 0.6 is 11.8 Å². The van der Waals surface area contributed by atoms with Gasteiger partial charge in [0.05, 0.1) is 30.2 Å². The lowest BCUT2D eigenvalue weighted by molar-refractivity contribution is -0.245. The summed E-state index contributed by atoms with van der Waals surface area (Å²) in [5.74, 6) is 0.426. The van der Waals surface area contributed by atoms with Crippen molar-refractivity contribution in [1.29, 1.82) is 0 Å². The van der Waals surface area contributed by atoms with Crippen LogP contribution in [0.15, 0.2) is 108 Å². The van der Waals surface area contributed by atoms with E-state index >= 15 is 0 Å². The Hall–Kier alpha value is -4.15. The third kappa shape index (κ3) is 8.93. The second kappa shape index (κ2) is 15.5. The molecule has 0 aliphatic carbocycles. The van der Waals surface area contributed by atoms with Gasteiger partial charge in [-0.25, -0.2) is 0 Å². The second-order valence-corrected chi connectivity index (χ2v) is 11.7. The van der Waals surface area contributed by atoms with Crippen molar-refractivity contribution in [3.05, 3.63) is 120 Å². The molecule has 1 saturated heterocycles. The minimum atomic E-state index is -0.574. The van der Waals surface area contributed by atoms with Crippen LogP contribution in [0, 0.1) is 0 Å². The van der Waals surface area contributed by atoms with Crippen LogP contribution in [0.2, 0.25) is 0 Å². The van der Waals surface area contributed by atoms with E-state index in [1.54, 1.807) is 36.0 Å². The monoisotopic (exact) mass is 611 g/mol. The topological polar surface area (TPSA) is 123 Å². The second-order valence-electron chi connectivity index (χ2n) is 10.6. The van der Waals surface area contributed by atoms with Gasteiger partial charge in [0, 0.05) is 41.2 Å². The molecule has 1 heterocycles. The quantitative estimate of drug-likeness (QED) is 0.102. The molecule has 0 radical (unpaired) electrons. The Labute approximate surface area is 262 Å². The van der Waals surface area contributed by atoms with Crippen LogP contribution in [0.1, 0.15) is 54.8 Å². The molecule has 2 amide bonds. The fourth-order valence-corrected chi connectivity index (χ4v) is 5.85. The Morgan fingerprint density at radius 3 is 2.16 bits per heavy atom. The van der Waals surface area contributed by atoms with Crippen molar-refractivity contribution in [2.24, 2.45) is 0 Å². The highest BCUT2D eigenvalue weighted by Gasteiger charge is 2.32. The lowest BCUT2D eigenvalue weighted by Crippen LogP contribution is -2.31. The Bertz CT molecular complexity index is 1520. The summed E-state index contributed by atoms with van der Waals surface area (Å²) in [5, 5.41) is 15.1. The van der Waals surface area contributed by atoms with E-state index in [0.717, 1.165) is 22.4 Å². The summed E-state index contributed by atoms with van der Waals surface area (Å²) in [4.78, 5) is 26.0. The number of ether oxygens (including phenoxy) is 2. The van der Waals surface area contributed by atoms with Gasteiger partial charge in [0.15, 0.2) is 6.29 Å². The molecule has 4 aromatic rings. The molecule has 3 unspecified atom stereocenters. The molecule has 0 spiro atoms. The average molecular weight is 612 g/mol. The van der Waals surface area contributed by atoms with Crippen molar-refractivity contribution in [1.82, 2.24) is 0 Å². The molecular weight excluding hydrogens is 574 g/mol. The van der Waals surface area contributed by atoms with Crippen LogP contribution in [-0.4, -0.2) is 28.8 Å². The van der Waals surface area contributed by atoms with E-state index in [9.17, 15) is 14.7 Å². The zero-order valence-corrected chi connectivity index (χ0v) is 25.2. The lowest BCUT2D eigenvalue weighted by Gasteiger charge is -2.36. The number of aliphatic hydroxyl groups is 1. The summed E-state index contributed by atoms with van der Waals surface area (Å²) in [6, 6.07) is 32.6. The summed E-state index contributed by atoms with van der Waals surface area (Å²) < 4.78 is 12.9. The molecule has 9 heteroatoms. The highest BCUT2D eigenvalue weighted by Crippen LogP contribution is 2.39. The van der Waals surface area contributed by atoms with E-state index in [0.29, 0.717) is 29.9 Å². The molecule has 0 saturated carbocycles. The predicted molar refractivity (Wildman–Crippen MR) is 174 cm³/mol. The van der Waals surface area contributed by atoms with E-state index < -0.39 is 6.29 Å². The number of nitrogen functional groups attached to an aromatic ring is 1. The van der Waals surface area contributed by atoms with Gasteiger partial charge in [-0.1, -0.05) is 66.7 Å².